The zero-order valence-electron chi connectivity index (χ0n) is 14.9. The quantitative estimate of drug-likeness (QED) is 0.752. The Morgan fingerprint density at radius 3 is 3.08 bits per heavy atom. The molecular weight excluding hydrogens is 330 g/mol. The molecule has 0 aliphatic carbocycles. The molecule has 26 heavy (non-hydrogen) atoms. The van der Waals surface area contributed by atoms with Crippen molar-refractivity contribution < 1.29 is 4.74 Å². The lowest BCUT2D eigenvalue weighted by molar-refractivity contribution is -0.0355. The standard InChI is InChI=1S/C19H23N5O2/c1-23-17-5-3-2-4-16(17)22-18(23)12-24-8-9-26-15(11-24)7-6-14-10-19(25)21-13-20-14/h2-5,10,13,15H,6-9,11-12H2,1H3,(H,20,21,25). The van der Waals surface area contributed by atoms with Gasteiger partial charge in [-0.3, -0.25) is 9.69 Å². The molecule has 3 heterocycles. The van der Waals surface area contributed by atoms with E-state index >= 15 is 0 Å². The lowest BCUT2D eigenvalue weighted by Gasteiger charge is -2.32. The number of benzene rings is 1. The monoisotopic (exact) mass is 353 g/mol. The number of ether oxygens (including phenoxy) is 1. The molecule has 1 saturated heterocycles. The number of morpholine rings is 1. The molecule has 0 saturated carbocycles. The van der Waals surface area contributed by atoms with Crippen LogP contribution in [0.5, 0.6) is 0 Å². The lowest BCUT2D eigenvalue weighted by atomic mass is 10.1. The number of rotatable bonds is 5. The van der Waals surface area contributed by atoms with Crippen molar-refractivity contribution in [1.82, 2.24) is 24.4 Å². The van der Waals surface area contributed by atoms with Crippen LogP contribution in [0.4, 0.5) is 0 Å². The van der Waals surface area contributed by atoms with Gasteiger partial charge in [0.25, 0.3) is 5.56 Å². The van der Waals surface area contributed by atoms with Crippen LogP contribution in [0.3, 0.4) is 0 Å². The zero-order valence-corrected chi connectivity index (χ0v) is 14.9. The molecule has 0 amide bonds. The SMILES string of the molecule is Cn1c(CN2CCOC(CCc3cc(=O)[nH]cn3)C2)nc2ccccc21. The summed E-state index contributed by atoms with van der Waals surface area (Å²) in [6.07, 6.45) is 3.21. The molecular formula is C19H23N5O2. The molecule has 1 aliphatic rings. The van der Waals surface area contributed by atoms with Crippen molar-refractivity contribution in [2.75, 3.05) is 19.7 Å². The maximum Gasteiger partial charge on any atom is 0.250 e. The Morgan fingerprint density at radius 2 is 2.23 bits per heavy atom. The average molecular weight is 353 g/mol. The Hall–Kier alpha value is -2.51. The molecule has 1 unspecified atom stereocenters. The van der Waals surface area contributed by atoms with Gasteiger partial charge in [-0.15, -0.1) is 0 Å². The maximum atomic E-state index is 11.4. The van der Waals surface area contributed by atoms with Crippen LogP contribution >= 0.6 is 0 Å². The number of aromatic nitrogens is 4. The van der Waals surface area contributed by atoms with E-state index in [-0.39, 0.29) is 11.7 Å². The summed E-state index contributed by atoms with van der Waals surface area (Å²) in [5.41, 5.74) is 2.90. The molecule has 0 radical (unpaired) electrons. The van der Waals surface area contributed by atoms with Crippen LogP contribution in [0.15, 0.2) is 41.5 Å². The van der Waals surface area contributed by atoms with Crippen LogP contribution in [0.1, 0.15) is 17.9 Å². The van der Waals surface area contributed by atoms with Crippen LogP contribution in [-0.4, -0.2) is 50.2 Å². The van der Waals surface area contributed by atoms with E-state index in [4.69, 9.17) is 9.72 Å². The predicted molar refractivity (Wildman–Crippen MR) is 98.9 cm³/mol. The molecule has 7 heteroatoms. The molecule has 3 aromatic rings. The van der Waals surface area contributed by atoms with Crippen LogP contribution in [-0.2, 0) is 24.8 Å². The van der Waals surface area contributed by atoms with E-state index in [2.05, 4.69) is 38.6 Å². The molecule has 1 aliphatic heterocycles. The smallest absolute Gasteiger partial charge is 0.250 e. The van der Waals surface area contributed by atoms with Gasteiger partial charge < -0.3 is 14.3 Å². The Morgan fingerprint density at radius 1 is 1.35 bits per heavy atom. The third-order valence-corrected chi connectivity index (χ3v) is 4.93. The Labute approximate surface area is 151 Å². The highest BCUT2D eigenvalue weighted by atomic mass is 16.5. The van der Waals surface area contributed by atoms with Crippen molar-refractivity contribution in [3.05, 3.63) is 58.5 Å². The van der Waals surface area contributed by atoms with E-state index in [0.29, 0.717) is 0 Å². The molecule has 0 spiro atoms. The highest BCUT2D eigenvalue weighted by Crippen LogP contribution is 2.18. The number of aryl methyl sites for hydroxylation is 2. The fourth-order valence-electron chi connectivity index (χ4n) is 3.49. The summed E-state index contributed by atoms with van der Waals surface area (Å²) in [7, 11) is 2.07. The van der Waals surface area contributed by atoms with E-state index in [0.717, 1.165) is 61.6 Å². The fourth-order valence-corrected chi connectivity index (χ4v) is 3.49. The number of H-pyrrole nitrogens is 1. The van der Waals surface area contributed by atoms with Crippen molar-refractivity contribution in [2.45, 2.75) is 25.5 Å². The normalized spacial score (nSPS) is 18.4. The molecule has 2 aromatic heterocycles. The largest absolute Gasteiger partial charge is 0.376 e. The highest BCUT2D eigenvalue weighted by Gasteiger charge is 2.22. The number of nitrogens with zero attached hydrogens (tertiary/aromatic N) is 4. The van der Waals surface area contributed by atoms with Gasteiger partial charge >= 0.3 is 0 Å². The molecule has 0 bridgehead atoms. The molecule has 1 fully saturated rings. The first-order chi connectivity index (χ1) is 12.7. The molecule has 4 rings (SSSR count). The first-order valence-corrected chi connectivity index (χ1v) is 8.97. The van der Waals surface area contributed by atoms with Crippen LogP contribution < -0.4 is 5.56 Å². The topological polar surface area (TPSA) is 76.0 Å². The summed E-state index contributed by atoms with van der Waals surface area (Å²) in [6.45, 7) is 3.31. The molecule has 1 aromatic carbocycles. The van der Waals surface area contributed by atoms with Gasteiger partial charge in [0, 0.05) is 31.9 Å². The van der Waals surface area contributed by atoms with Gasteiger partial charge in [0.1, 0.15) is 5.82 Å². The Kier molecular flexibility index (Phi) is 4.81. The van der Waals surface area contributed by atoms with Gasteiger partial charge in [0.15, 0.2) is 0 Å². The van der Waals surface area contributed by atoms with E-state index in [9.17, 15) is 4.79 Å². The van der Waals surface area contributed by atoms with Gasteiger partial charge in [-0.25, -0.2) is 9.97 Å². The zero-order chi connectivity index (χ0) is 17.9. The average Bonchev–Trinajstić information content (AvgIpc) is 2.96. The van der Waals surface area contributed by atoms with E-state index in [1.165, 1.54) is 6.33 Å². The van der Waals surface area contributed by atoms with Gasteiger partial charge in [0.2, 0.25) is 0 Å². The number of fused-ring (bicyclic) bond motifs is 1. The number of imidazole rings is 1. The second-order valence-corrected chi connectivity index (χ2v) is 6.74. The third-order valence-electron chi connectivity index (χ3n) is 4.93. The number of nitrogens with one attached hydrogen (secondary N) is 1. The van der Waals surface area contributed by atoms with Gasteiger partial charge in [-0.05, 0) is 25.0 Å². The second-order valence-electron chi connectivity index (χ2n) is 6.74. The van der Waals surface area contributed by atoms with Crippen molar-refractivity contribution >= 4 is 11.0 Å². The molecule has 1 atom stereocenters. The van der Waals surface area contributed by atoms with Crippen LogP contribution in [0.2, 0.25) is 0 Å². The van der Waals surface area contributed by atoms with Crippen molar-refractivity contribution in [3.63, 3.8) is 0 Å². The minimum absolute atomic E-state index is 0.108. The van der Waals surface area contributed by atoms with Crippen molar-refractivity contribution in [2.24, 2.45) is 7.05 Å². The van der Waals surface area contributed by atoms with Gasteiger partial charge in [-0.2, -0.15) is 0 Å². The first-order valence-electron chi connectivity index (χ1n) is 8.97. The fraction of sp³-hybridized carbons (Fsp3) is 0.421. The van der Waals surface area contributed by atoms with E-state index < -0.39 is 0 Å². The lowest BCUT2D eigenvalue weighted by Crippen LogP contribution is -2.42. The van der Waals surface area contributed by atoms with Gasteiger partial charge in [0.05, 0.1) is 36.6 Å². The highest BCUT2D eigenvalue weighted by molar-refractivity contribution is 5.75. The molecule has 136 valence electrons. The van der Waals surface area contributed by atoms with E-state index in [1.54, 1.807) is 6.07 Å². The summed E-state index contributed by atoms with van der Waals surface area (Å²) in [6, 6.07) is 9.77. The van der Waals surface area contributed by atoms with Gasteiger partial charge in [-0.1, -0.05) is 12.1 Å². The third kappa shape index (κ3) is 3.68. The predicted octanol–water partition coefficient (Wildman–Crippen LogP) is 1.49. The second kappa shape index (κ2) is 7.39. The number of aromatic amines is 1. The summed E-state index contributed by atoms with van der Waals surface area (Å²) < 4.78 is 8.07. The first kappa shape index (κ1) is 16.9. The number of para-hydroxylation sites is 2. The summed E-state index contributed by atoms with van der Waals surface area (Å²) in [5, 5.41) is 0. The van der Waals surface area contributed by atoms with Crippen LogP contribution in [0.25, 0.3) is 11.0 Å². The van der Waals surface area contributed by atoms with Crippen molar-refractivity contribution in [1.29, 1.82) is 0 Å². The minimum atomic E-state index is -0.108. The summed E-state index contributed by atoms with van der Waals surface area (Å²) in [4.78, 5) is 25.3. The number of hydrogen-bond donors (Lipinski definition) is 1. The Balaban J connectivity index is 1.38. The molecule has 1 N–H and O–H groups in total. The van der Waals surface area contributed by atoms with E-state index in [1.807, 2.05) is 12.1 Å². The molecule has 7 nitrogen and oxygen atoms in total. The number of hydrogen-bond acceptors (Lipinski definition) is 5. The Bertz CT molecular complexity index is 948. The van der Waals surface area contributed by atoms with Crippen LogP contribution in [0, 0.1) is 0 Å². The summed E-state index contributed by atoms with van der Waals surface area (Å²) >= 11 is 0. The maximum absolute atomic E-state index is 11.4. The van der Waals surface area contributed by atoms with Crippen molar-refractivity contribution in [3.8, 4) is 0 Å². The summed E-state index contributed by atoms with van der Waals surface area (Å²) in [5.74, 6) is 1.07. The minimum Gasteiger partial charge on any atom is -0.376 e.